The highest BCUT2D eigenvalue weighted by Crippen LogP contribution is 2.10. The van der Waals surface area contributed by atoms with Crippen molar-refractivity contribution in [3.05, 3.63) is 16.3 Å². The molecule has 0 amide bonds. The quantitative estimate of drug-likeness (QED) is 0.519. The number of hydrazone groups is 1. The SMILES string of the molecule is CB1c2ccsc2C=NN1C. The van der Waals surface area contributed by atoms with Crippen LogP contribution in [0.3, 0.4) is 0 Å². The predicted octanol–water partition coefficient (Wildman–Crippen LogP) is 0.856. The van der Waals surface area contributed by atoms with Crippen LogP contribution in [0.15, 0.2) is 16.5 Å². The molecule has 2 rings (SSSR count). The fourth-order valence-corrected chi connectivity index (χ4v) is 2.07. The molecule has 1 aliphatic rings. The van der Waals surface area contributed by atoms with Crippen molar-refractivity contribution in [1.29, 1.82) is 0 Å². The highest BCUT2D eigenvalue weighted by atomic mass is 32.1. The van der Waals surface area contributed by atoms with Gasteiger partial charge in [0.1, 0.15) is 0 Å². The van der Waals surface area contributed by atoms with Gasteiger partial charge in [-0.05, 0) is 10.8 Å². The minimum Gasteiger partial charge on any atom is -0.337 e. The molecule has 0 spiro atoms. The van der Waals surface area contributed by atoms with E-state index in [1.807, 2.05) is 18.2 Å². The van der Waals surface area contributed by atoms with Crippen LogP contribution in [-0.4, -0.2) is 25.0 Å². The molecular weight excluding hydrogens is 155 g/mol. The van der Waals surface area contributed by atoms with E-state index in [0.29, 0.717) is 6.85 Å². The third kappa shape index (κ3) is 0.978. The first kappa shape index (κ1) is 6.92. The molecule has 1 aromatic rings. The summed E-state index contributed by atoms with van der Waals surface area (Å²) in [7, 11) is 2.00. The van der Waals surface area contributed by atoms with E-state index in [-0.39, 0.29) is 0 Å². The lowest BCUT2D eigenvalue weighted by atomic mass is 9.57. The van der Waals surface area contributed by atoms with Gasteiger partial charge < -0.3 is 4.92 Å². The Morgan fingerprint density at radius 2 is 2.45 bits per heavy atom. The molecule has 0 bridgehead atoms. The molecule has 0 fully saturated rings. The van der Waals surface area contributed by atoms with Crippen molar-refractivity contribution in [3.63, 3.8) is 0 Å². The lowest BCUT2D eigenvalue weighted by Crippen LogP contribution is -2.44. The van der Waals surface area contributed by atoms with Gasteiger partial charge in [-0.25, -0.2) is 0 Å². The first-order valence-electron chi connectivity index (χ1n) is 3.63. The van der Waals surface area contributed by atoms with Crippen molar-refractivity contribution in [2.75, 3.05) is 7.05 Å². The van der Waals surface area contributed by atoms with E-state index in [1.54, 1.807) is 11.3 Å². The maximum atomic E-state index is 4.24. The van der Waals surface area contributed by atoms with Gasteiger partial charge in [0.2, 0.25) is 0 Å². The van der Waals surface area contributed by atoms with Gasteiger partial charge in [-0.2, -0.15) is 5.10 Å². The number of rotatable bonds is 0. The molecule has 0 saturated heterocycles. The van der Waals surface area contributed by atoms with Crippen LogP contribution in [0.2, 0.25) is 6.82 Å². The molecule has 1 aromatic heterocycles. The van der Waals surface area contributed by atoms with E-state index >= 15 is 0 Å². The Labute approximate surface area is 70.6 Å². The van der Waals surface area contributed by atoms with Crippen molar-refractivity contribution < 1.29 is 0 Å². The van der Waals surface area contributed by atoms with Gasteiger partial charge >= 0.3 is 6.85 Å². The average Bonchev–Trinajstić information content (AvgIpc) is 2.45. The van der Waals surface area contributed by atoms with E-state index in [4.69, 9.17) is 0 Å². The van der Waals surface area contributed by atoms with Crippen LogP contribution in [-0.2, 0) is 0 Å². The summed E-state index contributed by atoms with van der Waals surface area (Å²) >= 11 is 1.76. The standard InChI is InChI=1S/C7H9BN2S/c1-8-6-3-4-11-7(6)5-9-10(8)2/h3-5H,1-2H3. The Morgan fingerprint density at radius 1 is 1.64 bits per heavy atom. The minimum atomic E-state index is 0.432. The summed E-state index contributed by atoms with van der Waals surface area (Å²) in [6.07, 6.45) is 1.93. The summed E-state index contributed by atoms with van der Waals surface area (Å²) in [4.78, 5) is 3.28. The smallest absolute Gasteiger partial charge is 0.307 e. The van der Waals surface area contributed by atoms with E-state index < -0.39 is 0 Å². The van der Waals surface area contributed by atoms with Crippen LogP contribution in [0.4, 0.5) is 0 Å². The molecule has 56 valence electrons. The van der Waals surface area contributed by atoms with Gasteiger partial charge in [0.05, 0.1) is 6.21 Å². The zero-order valence-corrected chi connectivity index (χ0v) is 7.43. The third-order valence-corrected chi connectivity index (χ3v) is 2.96. The summed E-state index contributed by atoms with van der Waals surface area (Å²) < 4.78 is 0. The Bertz CT molecular complexity index is 294. The van der Waals surface area contributed by atoms with E-state index in [1.165, 1.54) is 10.3 Å². The number of thiophene rings is 1. The van der Waals surface area contributed by atoms with Gasteiger partial charge in [-0.1, -0.05) is 12.9 Å². The van der Waals surface area contributed by atoms with Crippen molar-refractivity contribution >= 4 is 29.9 Å². The van der Waals surface area contributed by atoms with Gasteiger partial charge in [-0.3, -0.25) is 0 Å². The first-order chi connectivity index (χ1) is 5.29. The predicted molar refractivity (Wildman–Crippen MR) is 50.9 cm³/mol. The fourth-order valence-electron chi connectivity index (χ4n) is 1.23. The second-order valence-electron chi connectivity index (χ2n) is 2.73. The van der Waals surface area contributed by atoms with E-state index in [0.717, 1.165) is 0 Å². The Balaban J connectivity index is 2.48. The molecule has 4 heteroatoms. The van der Waals surface area contributed by atoms with Gasteiger partial charge in [0.15, 0.2) is 0 Å². The van der Waals surface area contributed by atoms with E-state index in [9.17, 15) is 0 Å². The van der Waals surface area contributed by atoms with Crippen LogP contribution < -0.4 is 5.46 Å². The maximum absolute atomic E-state index is 4.24. The van der Waals surface area contributed by atoms with Gasteiger partial charge in [0, 0.05) is 11.9 Å². The van der Waals surface area contributed by atoms with Crippen molar-refractivity contribution in [3.8, 4) is 0 Å². The molecule has 2 heterocycles. The molecule has 2 nitrogen and oxygen atoms in total. The van der Waals surface area contributed by atoms with Gasteiger partial charge in [0.25, 0.3) is 0 Å². The second kappa shape index (κ2) is 2.38. The lowest BCUT2D eigenvalue weighted by molar-refractivity contribution is 0.572. The Morgan fingerprint density at radius 3 is 3.27 bits per heavy atom. The van der Waals surface area contributed by atoms with Crippen LogP contribution in [0.25, 0.3) is 0 Å². The van der Waals surface area contributed by atoms with Crippen LogP contribution in [0.5, 0.6) is 0 Å². The van der Waals surface area contributed by atoms with E-state index in [2.05, 4.69) is 23.4 Å². The molecule has 0 saturated carbocycles. The molecule has 0 unspecified atom stereocenters. The Hall–Kier alpha value is -0.765. The zero-order valence-electron chi connectivity index (χ0n) is 6.61. The topological polar surface area (TPSA) is 15.6 Å². The second-order valence-corrected chi connectivity index (χ2v) is 3.68. The zero-order chi connectivity index (χ0) is 7.84. The van der Waals surface area contributed by atoms with Crippen LogP contribution in [0, 0.1) is 0 Å². The Kier molecular flexibility index (Phi) is 1.49. The van der Waals surface area contributed by atoms with Crippen molar-refractivity contribution in [2.45, 2.75) is 6.82 Å². The number of fused-ring (bicyclic) bond motifs is 1. The van der Waals surface area contributed by atoms with Crippen molar-refractivity contribution in [1.82, 2.24) is 4.92 Å². The molecular formula is C7H9BN2S. The molecule has 0 N–H and O–H groups in total. The van der Waals surface area contributed by atoms with Gasteiger partial charge in [-0.15, -0.1) is 11.3 Å². The number of hydrogen-bond donors (Lipinski definition) is 0. The highest BCUT2D eigenvalue weighted by molar-refractivity contribution is 7.13. The first-order valence-corrected chi connectivity index (χ1v) is 4.51. The summed E-state index contributed by atoms with van der Waals surface area (Å²) in [6.45, 7) is 2.60. The monoisotopic (exact) mass is 164 g/mol. The third-order valence-electron chi connectivity index (χ3n) is 2.09. The van der Waals surface area contributed by atoms with Crippen LogP contribution in [0.1, 0.15) is 4.88 Å². The molecule has 0 atom stereocenters. The summed E-state index contributed by atoms with van der Waals surface area (Å²) in [5, 5.41) is 6.36. The number of hydrogen-bond acceptors (Lipinski definition) is 3. The molecule has 0 aromatic carbocycles. The molecule has 1 aliphatic heterocycles. The largest absolute Gasteiger partial charge is 0.337 e. The van der Waals surface area contributed by atoms with Crippen molar-refractivity contribution in [2.24, 2.45) is 5.10 Å². The fraction of sp³-hybridized carbons (Fsp3) is 0.286. The molecule has 11 heavy (non-hydrogen) atoms. The summed E-state index contributed by atoms with van der Waals surface area (Å²) in [6, 6.07) is 2.17. The molecule has 0 radical (unpaired) electrons. The minimum absolute atomic E-state index is 0.432. The average molecular weight is 164 g/mol. The van der Waals surface area contributed by atoms with Crippen LogP contribution >= 0.6 is 11.3 Å². The summed E-state index contributed by atoms with van der Waals surface area (Å²) in [5.74, 6) is 0. The normalized spacial score (nSPS) is 15.5. The highest BCUT2D eigenvalue weighted by Gasteiger charge is 2.22. The maximum Gasteiger partial charge on any atom is 0.307 e. The lowest BCUT2D eigenvalue weighted by Gasteiger charge is -2.22. The number of nitrogens with zero attached hydrogens (tertiary/aromatic N) is 2. The summed E-state index contributed by atoms with van der Waals surface area (Å²) in [5.41, 5.74) is 1.40. The molecule has 0 aliphatic carbocycles.